The zero-order valence-electron chi connectivity index (χ0n) is 12.9. The topological polar surface area (TPSA) is 98.7 Å². The third-order valence-corrected chi connectivity index (χ3v) is 3.31. The van der Waals surface area contributed by atoms with E-state index in [1.807, 2.05) is 34.6 Å². The maximum Gasteiger partial charge on any atom is 0.339 e. The lowest BCUT2D eigenvalue weighted by Gasteiger charge is -2.35. The molecule has 118 valence electrons. The molecule has 7 heteroatoms. The van der Waals surface area contributed by atoms with Crippen molar-refractivity contribution >= 4 is 13.5 Å². The maximum absolute atomic E-state index is 12.3. The SMILES string of the molecule is C=CCC(C)(C)C(NCP(=O)(O)O)C(=O)NC(C)(C)C. The van der Waals surface area contributed by atoms with Crippen LogP contribution in [0.15, 0.2) is 12.7 Å². The van der Waals surface area contributed by atoms with Crippen molar-refractivity contribution in [3.05, 3.63) is 12.7 Å². The number of carbonyl (C=O) groups excluding carboxylic acids is 1. The predicted octanol–water partition coefficient (Wildman–Crippen LogP) is 1.60. The van der Waals surface area contributed by atoms with Gasteiger partial charge in [0.05, 0.1) is 12.3 Å². The Bertz CT molecular complexity index is 396. The highest BCUT2D eigenvalue weighted by Crippen LogP contribution is 2.34. The minimum absolute atomic E-state index is 0.280. The minimum Gasteiger partial charge on any atom is -0.350 e. The van der Waals surface area contributed by atoms with Crippen LogP contribution in [-0.4, -0.2) is 33.6 Å². The Morgan fingerprint density at radius 1 is 1.30 bits per heavy atom. The van der Waals surface area contributed by atoms with Gasteiger partial charge in [0.2, 0.25) is 5.91 Å². The van der Waals surface area contributed by atoms with Crippen molar-refractivity contribution < 1.29 is 19.1 Å². The summed E-state index contributed by atoms with van der Waals surface area (Å²) in [5.74, 6) is -0.280. The number of amides is 1. The molecule has 0 aliphatic carbocycles. The monoisotopic (exact) mass is 306 g/mol. The molecule has 6 nitrogen and oxygen atoms in total. The van der Waals surface area contributed by atoms with E-state index >= 15 is 0 Å². The van der Waals surface area contributed by atoms with E-state index in [0.717, 1.165) is 0 Å². The Morgan fingerprint density at radius 2 is 1.80 bits per heavy atom. The van der Waals surface area contributed by atoms with Crippen LogP contribution in [0, 0.1) is 5.41 Å². The van der Waals surface area contributed by atoms with E-state index in [2.05, 4.69) is 17.2 Å². The number of rotatable bonds is 7. The molecule has 0 aliphatic rings. The molecular weight excluding hydrogens is 279 g/mol. The van der Waals surface area contributed by atoms with Crippen molar-refractivity contribution in [2.24, 2.45) is 5.41 Å². The van der Waals surface area contributed by atoms with Crippen LogP contribution in [0.4, 0.5) is 0 Å². The predicted molar refractivity (Wildman–Crippen MR) is 80.3 cm³/mol. The van der Waals surface area contributed by atoms with E-state index < -0.39 is 30.9 Å². The zero-order chi connectivity index (χ0) is 16.2. The average Bonchev–Trinajstić information content (AvgIpc) is 2.11. The summed E-state index contributed by atoms with van der Waals surface area (Å²) in [5, 5.41) is 5.52. The fourth-order valence-corrected chi connectivity index (χ4v) is 2.29. The molecule has 0 radical (unpaired) electrons. The summed E-state index contributed by atoms with van der Waals surface area (Å²) in [7, 11) is -4.22. The van der Waals surface area contributed by atoms with Gasteiger partial charge in [-0.1, -0.05) is 19.9 Å². The summed E-state index contributed by atoms with van der Waals surface area (Å²) in [4.78, 5) is 30.3. The molecule has 0 rings (SSSR count). The molecular formula is C13H27N2O4P. The first-order valence-electron chi connectivity index (χ1n) is 6.49. The van der Waals surface area contributed by atoms with E-state index in [4.69, 9.17) is 9.79 Å². The quantitative estimate of drug-likeness (QED) is 0.423. The van der Waals surface area contributed by atoms with Crippen molar-refractivity contribution in [3.63, 3.8) is 0 Å². The average molecular weight is 306 g/mol. The van der Waals surface area contributed by atoms with Gasteiger partial charge >= 0.3 is 7.60 Å². The molecule has 1 atom stereocenters. The maximum atomic E-state index is 12.3. The molecule has 0 heterocycles. The number of hydrogen-bond donors (Lipinski definition) is 4. The normalized spacial score (nSPS) is 14.8. The molecule has 0 saturated carbocycles. The first-order valence-corrected chi connectivity index (χ1v) is 8.29. The molecule has 0 saturated heterocycles. The van der Waals surface area contributed by atoms with Gasteiger partial charge in [0.1, 0.15) is 0 Å². The molecule has 0 fully saturated rings. The van der Waals surface area contributed by atoms with Gasteiger partial charge in [0, 0.05) is 5.54 Å². The van der Waals surface area contributed by atoms with Crippen LogP contribution < -0.4 is 10.6 Å². The van der Waals surface area contributed by atoms with Crippen LogP contribution in [0.2, 0.25) is 0 Å². The van der Waals surface area contributed by atoms with E-state index in [0.29, 0.717) is 6.42 Å². The highest BCUT2D eigenvalue weighted by atomic mass is 31.2. The van der Waals surface area contributed by atoms with Crippen molar-refractivity contribution in [2.45, 2.75) is 52.6 Å². The van der Waals surface area contributed by atoms with Gasteiger partial charge in [-0.05, 0) is 32.6 Å². The van der Waals surface area contributed by atoms with E-state index in [9.17, 15) is 9.36 Å². The van der Waals surface area contributed by atoms with E-state index in [-0.39, 0.29) is 5.91 Å². The summed E-state index contributed by atoms with van der Waals surface area (Å²) < 4.78 is 11.0. The smallest absolute Gasteiger partial charge is 0.339 e. The van der Waals surface area contributed by atoms with Crippen LogP contribution in [-0.2, 0) is 9.36 Å². The standard InChI is InChI=1S/C13H27N2O4P/c1-7-8-13(5,6)10(14-9-20(17,18)19)11(16)15-12(2,3)4/h7,10,14H,1,8-9H2,2-6H3,(H,15,16)(H2,17,18,19). The first kappa shape index (κ1) is 19.3. The van der Waals surface area contributed by atoms with Crippen LogP contribution in [0.5, 0.6) is 0 Å². The van der Waals surface area contributed by atoms with Crippen molar-refractivity contribution in [2.75, 3.05) is 6.29 Å². The first-order chi connectivity index (χ1) is 8.78. The second-order valence-electron chi connectivity index (χ2n) is 6.68. The lowest BCUT2D eigenvalue weighted by atomic mass is 9.80. The van der Waals surface area contributed by atoms with Crippen LogP contribution in [0.3, 0.4) is 0 Å². The van der Waals surface area contributed by atoms with Gasteiger partial charge in [-0.25, -0.2) is 0 Å². The summed E-state index contributed by atoms with van der Waals surface area (Å²) in [6, 6.07) is -0.715. The highest BCUT2D eigenvalue weighted by Gasteiger charge is 2.36. The third-order valence-electron chi connectivity index (χ3n) is 2.71. The Labute approximate surface area is 121 Å². The molecule has 0 aromatic carbocycles. The van der Waals surface area contributed by atoms with Crippen molar-refractivity contribution in [1.29, 1.82) is 0 Å². The lowest BCUT2D eigenvalue weighted by molar-refractivity contribution is -0.127. The minimum atomic E-state index is -4.22. The van der Waals surface area contributed by atoms with Gasteiger partial charge in [-0.15, -0.1) is 6.58 Å². The number of nitrogens with one attached hydrogen (secondary N) is 2. The molecule has 0 bridgehead atoms. The Hall–Kier alpha value is -0.680. The summed E-state index contributed by atoms with van der Waals surface area (Å²) in [6.45, 7) is 12.9. The molecule has 0 spiro atoms. The summed E-state index contributed by atoms with van der Waals surface area (Å²) >= 11 is 0. The molecule has 0 aromatic rings. The summed E-state index contributed by atoms with van der Waals surface area (Å²) in [5.41, 5.74) is -0.921. The molecule has 1 unspecified atom stereocenters. The van der Waals surface area contributed by atoms with Crippen molar-refractivity contribution in [1.82, 2.24) is 10.6 Å². The van der Waals surface area contributed by atoms with Gasteiger partial charge in [0.25, 0.3) is 0 Å². The highest BCUT2D eigenvalue weighted by molar-refractivity contribution is 7.51. The van der Waals surface area contributed by atoms with Crippen LogP contribution in [0.25, 0.3) is 0 Å². The van der Waals surface area contributed by atoms with Gasteiger partial charge < -0.3 is 15.1 Å². The molecule has 0 aromatic heterocycles. The number of carbonyl (C=O) groups is 1. The van der Waals surface area contributed by atoms with Gasteiger partial charge in [-0.2, -0.15) is 0 Å². The van der Waals surface area contributed by atoms with Crippen LogP contribution >= 0.6 is 7.60 Å². The third kappa shape index (κ3) is 7.80. The van der Waals surface area contributed by atoms with Crippen LogP contribution in [0.1, 0.15) is 41.0 Å². The fourth-order valence-electron chi connectivity index (χ4n) is 1.87. The van der Waals surface area contributed by atoms with E-state index in [1.54, 1.807) is 6.08 Å². The molecule has 20 heavy (non-hydrogen) atoms. The second kappa shape index (κ2) is 6.85. The Balaban J connectivity index is 5.10. The zero-order valence-corrected chi connectivity index (χ0v) is 13.8. The summed E-state index contributed by atoms with van der Waals surface area (Å²) in [6.07, 6.45) is 1.70. The lowest BCUT2D eigenvalue weighted by Crippen LogP contribution is -2.56. The number of hydrogen-bond acceptors (Lipinski definition) is 3. The van der Waals surface area contributed by atoms with E-state index in [1.165, 1.54) is 0 Å². The van der Waals surface area contributed by atoms with Gasteiger partial charge in [0.15, 0.2) is 0 Å². The fraction of sp³-hybridized carbons (Fsp3) is 0.769. The number of allylic oxidation sites excluding steroid dienone is 1. The van der Waals surface area contributed by atoms with Crippen molar-refractivity contribution in [3.8, 4) is 0 Å². The Kier molecular flexibility index (Phi) is 6.62. The molecule has 1 amide bonds. The second-order valence-corrected chi connectivity index (χ2v) is 8.33. The largest absolute Gasteiger partial charge is 0.350 e. The van der Waals surface area contributed by atoms with Gasteiger partial charge in [-0.3, -0.25) is 14.7 Å². The molecule has 4 N–H and O–H groups in total. The molecule has 0 aliphatic heterocycles. The Morgan fingerprint density at radius 3 is 2.15 bits per heavy atom.